The number of carbonyl (C=O) groups excluding carboxylic acids is 4. The van der Waals surface area contributed by atoms with Crippen molar-refractivity contribution < 1.29 is 23.9 Å². The number of amides is 4. The van der Waals surface area contributed by atoms with Crippen LogP contribution in [0.3, 0.4) is 0 Å². The van der Waals surface area contributed by atoms with Gasteiger partial charge in [0.05, 0.1) is 5.92 Å². The molecule has 1 rings (SSSR count). The summed E-state index contributed by atoms with van der Waals surface area (Å²) in [6.07, 6.45) is -0.237. The highest BCUT2D eigenvalue weighted by Gasteiger charge is 2.39. The Morgan fingerprint density at radius 1 is 1.00 bits per heavy atom. The Morgan fingerprint density at radius 2 is 1.61 bits per heavy atom. The first-order valence-electron chi connectivity index (χ1n) is 9.61. The van der Waals surface area contributed by atoms with E-state index < -0.39 is 11.7 Å². The second-order valence-electron chi connectivity index (χ2n) is 8.90. The summed E-state index contributed by atoms with van der Waals surface area (Å²) in [6, 6.07) is 0. The highest BCUT2D eigenvalue weighted by molar-refractivity contribution is 5.89. The van der Waals surface area contributed by atoms with Gasteiger partial charge in [0.25, 0.3) is 0 Å². The van der Waals surface area contributed by atoms with E-state index in [9.17, 15) is 19.2 Å². The molecule has 0 aromatic rings. The number of alkyl carbamates (subject to hydrolysis) is 1. The first kappa shape index (κ1) is 23.7. The average Bonchev–Trinajstić information content (AvgIpc) is 2.91. The van der Waals surface area contributed by atoms with E-state index in [4.69, 9.17) is 4.74 Å². The molecule has 0 aromatic heterocycles. The van der Waals surface area contributed by atoms with Crippen LogP contribution in [0.15, 0.2) is 0 Å². The van der Waals surface area contributed by atoms with Gasteiger partial charge in [0.15, 0.2) is 0 Å². The molecule has 1 saturated heterocycles. The third-order valence-electron chi connectivity index (χ3n) is 4.07. The molecule has 1 atom stereocenters. The number of hydrogen-bond donors (Lipinski definition) is 3. The Kier molecular flexibility index (Phi) is 8.26. The molecule has 1 fully saturated rings. The van der Waals surface area contributed by atoms with Crippen LogP contribution in [-0.2, 0) is 19.1 Å². The molecule has 9 nitrogen and oxygen atoms in total. The summed E-state index contributed by atoms with van der Waals surface area (Å²) in [7, 11) is 0. The smallest absolute Gasteiger partial charge is 0.407 e. The van der Waals surface area contributed by atoms with E-state index in [1.54, 1.807) is 25.7 Å². The molecule has 28 heavy (non-hydrogen) atoms. The molecule has 0 spiro atoms. The number of rotatable bonds is 7. The molecule has 0 bridgehead atoms. The maximum Gasteiger partial charge on any atom is 0.407 e. The van der Waals surface area contributed by atoms with Crippen LogP contribution in [-0.4, -0.2) is 66.0 Å². The molecule has 9 heteroatoms. The molecule has 0 aliphatic carbocycles. The van der Waals surface area contributed by atoms with Gasteiger partial charge in [0.2, 0.25) is 17.7 Å². The molecule has 1 unspecified atom stereocenters. The number of likely N-dealkylation sites (tertiary alicyclic amines) is 1. The first-order valence-corrected chi connectivity index (χ1v) is 9.61. The van der Waals surface area contributed by atoms with Crippen molar-refractivity contribution in [3.63, 3.8) is 0 Å². The average molecular weight is 399 g/mol. The summed E-state index contributed by atoms with van der Waals surface area (Å²) in [5, 5.41) is 7.93. The Labute approximate surface area is 166 Å². The highest BCUT2D eigenvalue weighted by atomic mass is 16.6. The van der Waals surface area contributed by atoms with Crippen molar-refractivity contribution in [3.05, 3.63) is 0 Å². The highest BCUT2D eigenvalue weighted by Crippen LogP contribution is 2.25. The third-order valence-corrected chi connectivity index (χ3v) is 4.07. The van der Waals surface area contributed by atoms with Gasteiger partial charge in [-0.1, -0.05) is 0 Å². The minimum absolute atomic E-state index is 0.0153. The Hall–Kier alpha value is -2.32. The zero-order valence-corrected chi connectivity index (χ0v) is 17.8. The summed E-state index contributed by atoms with van der Waals surface area (Å²) in [5.41, 5.74) is -0.883. The van der Waals surface area contributed by atoms with Crippen LogP contribution in [0.2, 0.25) is 0 Å². The van der Waals surface area contributed by atoms with Crippen LogP contribution >= 0.6 is 0 Å². The second kappa shape index (κ2) is 9.75. The van der Waals surface area contributed by atoms with Crippen molar-refractivity contribution in [2.24, 2.45) is 5.92 Å². The van der Waals surface area contributed by atoms with Gasteiger partial charge in [0, 0.05) is 44.6 Å². The molecule has 160 valence electrons. The molecule has 4 amide bonds. The predicted molar refractivity (Wildman–Crippen MR) is 104 cm³/mol. The van der Waals surface area contributed by atoms with Crippen LogP contribution in [0.1, 0.15) is 54.4 Å². The zero-order valence-electron chi connectivity index (χ0n) is 17.8. The molecule has 1 aliphatic heterocycles. The van der Waals surface area contributed by atoms with Gasteiger partial charge >= 0.3 is 6.09 Å². The topological polar surface area (TPSA) is 117 Å². The molecule has 1 aliphatic rings. The van der Waals surface area contributed by atoms with Crippen molar-refractivity contribution in [3.8, 4) is 0 Å². The van der Waals surface area contributed by atoms with Gasteiger partial charge in [-0.3, -0.25) is 14.4 Å². The lowest BCUT2D eigenvalue weighted by molar-refractivity contribution is -0.132. The quantitative estimate of drug-likeness (QED) is 0.548. The van der Waals surface area contributed by atoms with Gasteiger partial charge in [-0.2, -0.15) is 0 Å². The van der Waals surface area contributed by atoms with Gasteiger partial charge in [0.1, 0.15) is 5.60 Å². The lowest BCUT2D eigenvalue weighted by Crippen LogP contribution is -2.43. The molecular weight excluding hydrogens is 364 g/mol. The van der Waals surface area contributed by atoms with Crippen LogP contribution in [0.5, 0.6) is 0 Å². The summed E-state index contributed by atoms with van der Waals surface area (Å²) in [5.74, 6) is -0.792. The van der Waals surface area contributed by atoms with Crippen molar-refractivity contribution in [1.82, 2.24) is 20.9 Å². The van der Waals surface area contributed by atoms with E-state index in [0.29, 0.717) is 6.54 Å². The largest absolute Gasteiger partial charge is 0.444 e. The summed E-state index contributed by atoms with van der Waals surface area (Å²) in [6.45, 7) is 12.2. The lowest BCUT2D eigenvalue weighted by Gasteiger charge is -2.31. The second-order valence-corrected chi connectivity index (χ2v) is 8.90. The predicted octanol–water partition coefficient (Wildman–Crippen LogP) is 0.781. The van der Waals surface area contributed by atoms with E-state index in [1.165, 1.54) is 0 Å². The molecule has 1 heterocycles. The van der Waals surface area contributed by atoms with Gasteiger partial charge in [-0.05, 0) is 41.5 Å². The van der Waals surface area contributed by atoms with E-state index in [-0.39, 0.29) is 61.7 Å². The number of carbonyl (C=O) groups is 4. The SMILES string of the molecule is CC(C)(C)OC(=O)NCCC(=O)NCCNC(=O)C1CC(=O)N(C(C)(C)C)C1. The monoisotopic (exact) mass is 398 g/mol. The first-order chi connectivity index (χ1) is 12.8. The summed E-state index contributed by atoms with van der Waals surface area (Å²) in [4.78, 5) is 49.2. The van der Waals surface area contributed by atoms with Gasteiger partial charge < -0.3 is 25.6 Å². The Morgan fingerprint density at radius 3 is 2.14 bits per heavy atom. The fourth-order valence-corrected chi connectivity index (χ4v) is 2.74. The van der Waals surface area contributed by atoms with Crippen LogP contribution in [0, 0.1) is 5.92 Å². The number of ether oxygens (including phenoxy) is 1. The van der Waals surface area contributed by atoms with E-state index >= 15 is 0 Å². The van der Waals surface area contributed by atoms with E-state index in [1.807, 2.05) is 20.8 Å². The Balaban J connectivity index is 2.18. The maximum atomic E-state index is 12.2. The lowest BCUT2D eigenvalue weighted by atomic mass is 10.1. The molecular formula is C19H34N4O5. The minimum atomic E-state index is -0.585. The fraction of sp³-hybridized carbons (Fsp3) is 0.789. The Bertz CT molecular complexity index is 592. The number of nitrogens with one attached hydrogen (secondary N) is 3. The number of hydrogen-bond acceptors (Lipinski definition) is 5. The van der Waals surface area contributed by atoms with Gasteiger partial charge in [-0.15, -0.1) is 0 Å². The third kappa shape index (κ3) is 8.58. The van der Waals surface area contributed by atoms with Crippen molar-refractivity contribution in [2.45, 2.75) is 65.5 Å². The summed E-state index contributed by atoms with van der Waals surface area (Å²) >= 11 is 0. The summed E-state index contributed by atoms with van der Waals surface area (Å²) < 4.78 is 5.07. The van der Waals surface area contributed by atoms with Crippen molar-refractivity contribution >= 4 is 23.8 Å². The van der Waals surface area contributed by atoms with Crippen molar-refractivity contribution in [2.75, 3.05) is 26.2 Å². The van der Waals surface area contributed by atoms with Crippen molar-refractivity contribution in [1.29, 1.82) is 0 Å². The van der Waals surface area contributed by atoms with Crippen LogP contribution in [0.4, 0.5) is 4.79 Å². The molecule has 3 N–H and O–H groups in total. The fourth-order valence-electron chi connectivity index (χ4n) is 2.74. The van der Waals surface area contributed by atoms with E-state index in [2.05, 4.69) is 16.0 Å². The van der Waals surface area contributed by atoms with Crippen LogP contribution < -0.4 is 16.0 Å². The van der Waals surface area contributed by atoms with Crippen LogP contribution in [0.25, 0.3) is 0 Å². The standard InChI is InChI=1S/C19H34N4O5/c1-18(2,3)23-12-13(11-15(23)25)16(26)21-10-9-20-14(24)7-8-22-17(27)28-19(4,5)6/h13H,7-12H2,1-6H3,(H,20,24)(H,21,26)(H,22,27). The van der Waals surface area contributed by atoms with Gasteiger partial charge in [-0.25, -0.2) is 4.79 Å². The normalized spacial score (nSPS) is 17.3. The maximum absolute atomic E-state index is 12.2. The number of nitrogens with zero attached hydrogens (tertiary/aromatic N) is 1. The molecule has 0 saturated carbocycles. The molecule has 0 radical (unpaired) electrons. The minimum Gasteiger partial charge on any atom is -0.444 e. The zero-order chi connectivity index (χ0) is 21.5. The molecule has 0 aromatic carbocycles. The van der Waals surface area contributed by atoms with E-state index in [0.717, 1.165) is 0 Å².